The molecular formula is C14H20N2OS. The maximum Gasteiger partial charge on any atom is 0.161 e. The molecule has 0 amide bonds. The Morgan fingerprint density at radius 3 is 2.61 bits per heavy atom. The van der Waals surface area contributed by atoms with Crippen molar-refractivity contribution < 1.29 is 4.74 Å². The second kappa shape index (κ2) is 5.65. The third kappa shape index (κ3) is 3.67. The summed E-state index contributed by atoms with van der Waals surface area (Å²) in [6.07, 6.45) is 0. The molecule has 0 saturated carbocycles. The summed E-state index contributed by atoms with van der Waals surface area (Å²) >= 11 is 1.79. The zero-order valence-corrected chi connectivity index (χ0v) is 12.0. The van der Waals surface area contributed by atoms with Crippen LogP contribution in [0.3, 0.4) is 0 Å². The summed E-state index contributed by atoms with van der Waals surface area (Å²) in [5.74, 6) is 2.01. The molecule has 0 atom stereocenters. The zero-order valence-electron chi connectivity index (χ0n) is 11.2. The first kappa shape index (κ1) is 13.3. The minimum Gasteiger partial charge on any atom is -0.494 e. The smallest absolute Gasteiger partial charge is 0.161 e. The van der Waals surface area contributed by atoms with Gasteiger partial charge in [0.2, 0.25) is 0 Å². The molecule has 0 aliphatic carbocycles. The van der Waals surface area contributed by atoms with Crippen LogP contribution in [0.5, 0.6) is 5.75 Å². The highest BCUT2D eigenvalue weighted by molar-refractivity contribution is 8.14. The van der Waals surface area contributed by atoms with Crippen LogP contribution >= 0.6 is 11.8 Å². The Morgan fingerprint density at radius 1 is 1.33 bits per heavy atom. The summed E-state index contributed by atoms with van der Waals surface area (Å²) in [6, 6.07) is 8.00. The molecule has 0 unspecified atom stereocenters. The first-order valence-electron chi connectivity index (χ1n) is 6.26. The number of aliphatic imine (C=N–C) groups is 1. The number of rotatable bonds is 3. The number of benzene rings is 1. The second-order valence-electron chi connectivity index (χ2n) is 5.16. The van der Waals surface area contributed by atoms with E-state index in [0.717, 1.165) is 28.9 Å². The van der Waals surface area contributed by atoms with Crippen LogP contribution in [0, 0.1) is 5.41 Å². The van der Waals surface area contributed by atoms with Gasteiger partial charge in [-0.3, -0.25) is 4.99 Å². The number of hydrogen-bond acceptors (Lipinski definition) is 4. The van der Waals surface area contributed by atoms with Gasteiger partial charge in [-0.05, 0) is 36.6 Å². The molecule has 4 heteroatoms. The highest BCUT2D eigenvalue weighted by Crippen LogP contribution is 2.28. The molecule has 3 nitrogen and oxygen atoms in total. The van der Waals surface area contributed by atoms with Crippen LogP contribution in [0.4, 0.5) is 5.69 Å². The number of nitrogens with one attached hydrogen (secondary N) is 1. The van der Waals surface area contributed by atoms with E-state index in [2.05, 4.69) is 24.2 Å². The summed E-state index contributed by atoms with van der Waals surface area (Å²) in [7, 11) is 0. The molecule has 0 aromatic heterocycles. The van der Waals surface area contributed by atoms with Crippen LogP contribution < -0.4 is 10.1 Å². The molecule has 1 N–H and O–H groups in total. The molecule has 0 spiro atoms. The zero-order chi connectivity index (χ0) is 13.0. The predicted molar refractivity (Wildman–Crippen MR) is 79.8 cm³/mol. The first-order valence-corrected chi connectivity index (χ1v) is 7.25. The summed E-state index contributed by atoms with van der Waals surface area (Å²) in [5, 5.41) is 4.36. The topological polar surface area (TPSA) is 33.6 Å². The van der Waals surface area contributed by atoms with Crippen molar-refractivity contribution in [1.29, 1.82) is 0 Å². The van der Waals surface area contributed by atoms with Gasteiger partial charge >= 0.3 is 0 Å². The van der Waals surface area contributed by atoms with E-state index in [1.54, 1.807) is 11.8 Å². The van der Waals surface area contributed by atoms with E-state index in [4.69, 9.17) is 4.74 Å². The van der Waals surface area contributed by atoms with Crippen LogP contribution in [0.25, 0.3) is 0 Å². The van der Waals surface area contributed by atoms with Crippen molar-refractivity contribution >= 4 is 22.6 Å². The lowest BCUT2D eigenvalue weighted by molar-refractivity contribution is 0.340. The fourth-order valence-corrected chi connectivity index (χ4v) is 2.61. The maximum atomic E-state index is 5.41. The lowest BCUT2D eigenvalue weighted by atomic mass is 9.97. The lowest BCUT2D eigenvalue weighted by Gasteiger charge is -2.27. The Kier molecular flexibility index (Phi) is 4.17. The molecule has 2 rings (SSSR count). The molecule has 98 valence electrons. The molecular weight excluding hydrogens is 244 g/mol. The van der Waals surface area contributed by atoms with Crippen molar-refractivity contribution in [2.75, 3.05) is 24.2 Å². The Bertz CT molecular complexity index is 426. The third-order valence-electron chi connectivity index (χ3n) is 2.67. The van der Waals surface area contributed by atoms with Gasteiger partial charge in [0, 0.05) is 18.0 Å². The largest absolute Gasteiger partial charge is 0.494 e. The Morgan fingerprint density at radius 2 is 2.06 bits per heavy atom. The standard InChI is InChI=1S/C14H20N2OS/c1-4-17-12-7-5-11(6-8-12)16-13-15-9-14(2,3)10-18-13/h5-8H,4,9-10H2,1-3H3,(H,15,16). The van der Waals surface area contributed by atoms with Crippen LogP contribution in [0.2, 0.25) is 0 Å². The summed E-state index contributed by atoms with van der Waals surface area (Å²) in [4.78, 5) is 4.57. The molecule has 0 saturated heterocycles. The highest BCUT2D eigenvalue weighted by atomic mass is 32.2. The molecule has 18 heavy (non-hydrogen) atoms. The molecule has 0 fully saturated rings. The second-order valence-corrected chi connectivity index (χ2v) is 6.12. The van der Waals surface area contributed by atoms with Crippen molar-refractivity contribution in [1.82, 2.24) is 0 Å². The lowest BCUT2D eigenvalue weighted by Crippen LogP contribution is -2.27. The Balaban J connectivity index is 1.96. The van der Waals surface area contributed by atoms with E-state index < -0.39 is 0 Å². The van der Waals surface area contributed by atoms with Gasteiger partial charge in [-0.1, -0.05) is 25.6 Å². The van der Waals surface area contributed by atoms with E-state index in [1.807, 2.05) is 31.2 Å². The highest BCUT2D eigenvalue weighted by Gasteiger charge is 2.23. The van der Waals surface area contributed by atoms with E-state index in [1.165, 1.54) is 0 Å². The fraction of sp³-hybridized carbons (Fsp3) is 0.500. The number of thioether (sulfide) groups is 1. The summed E-state index contributed by atoms with van der Waals surface area (Å²) < 4.78 is 5.41. The average Bonchev–Trinajstić information content (AvgIpc) is 2.35. The number of anilines is 1. The number of amidine groups is 1. The van der Waals surface area contributed by atoms with Gasteiger partial charge < -0.3 is 10.1 Å². The minimum absolute atomic E-state index is 0.314. The molecule has 0 radical (unpaired) electrons. The van der Waals surface area contributed by atoms with E-state index in [0.29, 0.717) is 12.0 Å². The number of nitrogens with zero attached hydrogens (tertiary/aromatic N) is 1. The SMILES string of the molecule is CCOc1ccc(NC2=NCC(C)(C)CS2)cc1. The van der Waals surface area contributed by atoms with Crippen LogP contribution in [0.1, 0.15) is 20.8 Å². The van der Waals surface area contributed by atoms with Crippen molar-refractivity contribution in [3.8, 4) is 5.75 Å². The fourth-order valence-electron chi connectivity index (χ4n) is 1.64. The van der Waals surface area contributed by atoms with Crippen molar-refractivity contribution in [2.24, 2.45) is 10.4 Å². The summed E-state index contributed by atoms with van der Waals surface area (Å²) in [6.45, 7) is 8.07. The molecule has 1 aromatic rings. The van der Waals surface area contributed by atoms with Gasteiger partial charge in [0.25, 0.3) is 0 Å². The van der Waals surface area contributed by atoms with Gasteiger partial charge in [-0.2, -0.15) is 0 Å². The number of hydrogen-bond donors (Lipinski definition) is 1. The summed E-state index contributed by atoms with van der Waals surface area (Å²) in [5.41, 5.74) is 1.37. The van der Waals surface area contributed by atoms with E-state index in [-0.39, 0.29) is 0 Å². The van der Waals surface area contributed by atoms with Crippen LogP contribution in [0.15, 0.2) is 29.3 Å². The molecule has 1 heterocycles. The normalized spacial score (nSPS) is 18.1. The van der Waals surface area contributed by atoms with Crippen molar-refractivity contribution in [3.63, 3.8) is 0 Å². The van der Waals surface area contributed by atoms with Gasteiger partial charge in [0.05, 0.1) is 6.61 Å². The van der Waals surface area contributed by atoms with Crippen LogP contribution in [-0.2, 0) is 0 Å². The average molecular weight is 264 g/mol. The van der Waals surface area contributed by atoms with Crippen molar-refractivity contribution in [3.05, 3.63) is 24.3 Å². The van der Waals surface area contributed by atoms with Gasteiger partial charge in [0.15, 0.2) is 5.17 Å². The Labute approximate surface area is 113 Å². The molecule has 1 aromatic carbocycles. The minimum atomic E-state index is 0.314. The predicted octanol–water partition coefficient (Wildman–Crippen LogP) is 3.63. The third-order valence-corrected chi connectivity index (χ3v) is 4.10. The van der Waals surface area contributed by atoms with Crippen LogP contribution in [-0.4, -0.2) is 24.1 Å². The monoisotopic (exact) mass is 264 g/mol. The first-order chi connectivity index (χ1) is 8.59. The van der Waals surface area contributed by atoms with E-state index >= 15 is 0 Å². The van der Waals surface area contributed by atoms with E-state index in [9.17, 15) is 0 Å². The molecule has 0 bridgehead atoms. The van der Waals surface area contributed by atoms with Crippen molar-refractivity contribution in [2.45, 2.75) is 20.8 Å². The quantitative estimate of drug-likeness (QED) is 0.905. The molecule has 1 aliphatic rings. The Hall–Kier alpha value is -1.16. The number of ether oxygens (including phenoxy) is 1. The maximum absolute atomic E-state index is 5.41. The van der Waals surface area contributed by atoms with Gasteiger partial charge in [0.1, 0.15) is 5.75 Å². The molecule has 1 aliphatic heterocycles. The van der Waals surface area contributed by atoms with Gasteiger partial charge in [-0.25, -0.2) is 0 Å². The van der Waals surface area contributed by atoms with Gasteiger partial charge in [-0.15, -0.1) is 0 Å².